The molecule has 32 heavy (non-hydrogen) atoms. The maximum atomic E-state index is 15.5. The Morgan fingerprint density at radius 2 is 2.03 bits per heavy atom. The standard InChI is InChI=1S/C24H25BrClFN2O2S/c1-22(2,3)10-18-24(12-28,15-7-6-14(26)9-16(15)27)19(17-8-13(25)11-32-17)20-21(30)31-23(4,5)29(18)20/h6-9,11,18-20H,10H2,1-5H3/t18-,19-,20+,24-/m0/s1. The van der Waals surface area contributed by atoms with Gasteiger partial charge >= 0.3 is 5.97 Å². The van der Waals surface area contributed by atoms with Crippen molar-refractivity contribution >= 4 is 44.8 Å². The molecule has 0 radical (unpaired) electrons. The van der Waals surface area contributed by atoms with Gasteiger partial charge in [0, 0.05) is 37.3 Å². The Labute approximate surface area is 205 Å². The predicted molar refractivity (Wildman–Crippen MR) is 127 cm³/mol. The molecule has 2 aromatic rings. The van der Waals surface area contributed by atoms with Crippen LogP contribution >= 0.6 is 38.9 Å². The first-order chi connectivity index (χ1) is 14.8. The Morgan fingerprint density at radius 3 is 2.56 bits per heavy atom. The van der Waals surface area contributed by atoms with E-state index < -0.39 is 35.0 Å². The van der Waals surface area contributed by atoms with Crippen LogP contribution in [0.4, 0.5) is 4.39 Å². The van der Waals surface area contributed by atoms with Crippen molar-refractivity contribution in [2.75, 3.05) is 0 Å². The molecule has 0 aliphatic carbocycles. The second kappa shape index (κ2) is 7.80. The first kappa shape index (κ1) is 23.7. The molecule has 2 aliphatic rings. The SMILES string of the molecule is CC(C)(C)C[C@@H]1N2[C@@H](C(=O)OC2(C)C)[C@H](c2cc(Br)cs2)[C@@]1(C#N)c1ccc(Cl)cc1F. The van der Waals surface area contributed by atoms with Crippen molar-refractivity contribution in [3.8, 4) is 6.07 Å². The van der Waals surface area contributed by atoms with Crippen molar-refractivity contribution < 1.29 is 13.9 Å². The number of carbonyl (C=O) groups is 1. The average Bonchev–Trinajstić information content (AvgIpc) is 3.26. The fourth-order valence-corrected chi connectivity index (χ4v) is 7.25. The van der Waals surface area contributed by atoms with Crippen molar-refractivity contribution in [1.29, 1.82) is 5.26 Å². The molecule has 0 unspecified atom stereocenters. The molecule has 2 aliphatic heterocycles. The second-order valence-corrected chi connectivity index (χ2v) is 12.5. The number of nitriles is 1. The highest BCUT2D eigenvalue weighted by atomic mass is 79.9. The van der Waals surface area contributed by atoms with Gasteiger partial charge in [0.15, 0.2) is 5.72 Å². The Bertz CT molecular complexity index is 1120. The van der Waals surface area contributed by atoms with Crippen molar-refractivity contribution in [1.82, 2.24) is 4.90 Å². The monoisotopic (exact) mass is 538 g/mol. The number of hydrogen-bond donors (Lipinski definition) is 0. The van der Waals surface area contributed by atoms with Crippen LogP contribution in [-0.2, 0) is 14.9 Å². The van der Waals surface area contributed by atoms with Gasteiger partial charge in [0.25, 0.3) is 0 Å². The third-order valence-corrected chi connectivity index (χ3v) is 8.45. The average molecular weight is 540 g/mol. The largest absolute Gasteiger partial charge is 0.443 e. The second-order valence-electron chi connectivity index (χ2n) is 10.3. The van der Waals surface area contributed by atoms with Crippen LogP contribution < -0.4 is 0 Å². The fraction of sp³-hybridized carbons (Fsp3) is 0.500. The molecule has 2 fully saturated rings. The summed E-state index contributed by atoms with van der Waals surface area (Å²) in [5.74, 6) is -1.51. The van der Waals surface area contributed by atoms with E-state index in [2.05, 4.69) is 42.8 Å². The number of esters is 1. The Kier molecular flexibility index (Phi) is 5.77. The summed E-state index contributed by atoms with van der Waals surface area (Å²) in [4.78, 5) is 16.1. The molecule has 4 nitrogen and oxygen atoms in total. The molecule has 2 saturated heterocycles. The molecule has 0 amide bonds. The number of cyclic esters (lactones) is 1. The number of benzene rings is 1. The van der Waals surface area contributed by atoms with Gasteiger partial charge in [0.1, 0.15) is 17.3 Å². The number of carbonyl (C=O) groups excluding carboxylic acids is 1. The lowest BCUT2D eigenvalue weighted by Gasteiger charge is -2.42. The molecular weight excluding hydrogens is 515 g/mol. The lowest BCUT2D eigenvalue weighted by atomic mass is 9.64. The summed E-state index contributed by atoms with van der Waals surface area (Å²) >= 11 is 11.0. The van der Waals surface area contributed by atoms with Crippen LogP contribution in [0.25, 0.3) is 0 Å². The van der Waals surface area contributed by atoms with Gasteiger partial charge in [0.05, 0.1) is 6.07 Å². The molecule has 0 spiro atoms. The van der Waals surface area contributed by atoms with Crippen LogP contribution in [0.2, 0.25) is 5.02 Å². The predicted octanol–water partition coefficient (Wildman–Crippen LogP) is 6.63. The molecule has 3 heterocycles. The first-order valence-corrected chi connectivity index (χ1v) is 12.5. The Morgan fingerprint density at radius 1 is 1.34 bits per heavy atom. The van der Waals surface area contributed by atoms with Crippen LogP contribution in [0.5, 0.6) is 0 Å². The zero-order chi connectivity index (χ0) is 23.6. The zero-order valence-corrected chi connectivity index (χ0v) is 21.7. The number of nitrogens with zero attached hydrogens (tertiary/aromatic N) is 2. The van der Waals surface area contributed by atoms with Crippen LogP contribution in [0, 0.1) is 22.6 Å². The van der Waals surface area contributed by atoms with Crippen LogP contribution in [0.15, 0.2) is 34.1 Å². The van der Waals surface area contributed by atoms with E-state index in [1.165, 1.54) is 17.4 Å². The molecular formula is C24H25BrClFN2O2S. The van der Waals surface area contributed by atoms with E-state index in [1.54, 1.807) is 12.1 Å². The van der Waals surface area contributed by atoms with Crippen LogP contribution in [0.3, 0.4) is 0 Å². The summed E-state index contributed by atoms with van der Waals surface area (Å²) < 4.78 is 22.2. The number of thiophene rings is 1. The van der Waals surface area contributed by atoms with E-state index in [-0.39, 0.29) is 22.0 Å². The minimum atomic E-state index is -1.31. The highest BCUT2D eigenvalue weighted by Gasteiger charge is 2.71. The zero-order valence-electron chi connectivity index (χ0n) is 18.6. The summed E-state index contributed by atoms with van der Waals surface area (Å²) in [7, 11) is 0. The number of hydrogen-bond acceptors (Lipinski definition) is 5. The van der Waals surface area contributed by atoms with Gasteiger partial charge < -0.3 is 4.74 Å². The van der Waals surface area contributed by atoms with Gasteiger partial charge in [-0.15, -0.1) is 11.3 Å². The van der Waals surface area contributed by atoms with Gasteiger partial charge in [-0.1, -0.05) is 38.4 Å². The van der Waals surface area contributed by atoms with Gasteiger partial charge in [-0.3, -0.25) is 4.79 Å². The maximum Gasteiger partial charge on any atom is 0.325 e. The summed E-state index contributed by atoms with van der Waals surface area (Å²) in [6.07, 6.45) is 0.572. The number of ether oxygens (including phenoxy) is 1. The topological polar surface area (TPSA) is 53.3 Å². The lowest BCUT2D eigenvalue weighted by Crippen LogP contribution is -2.52. The number of rotatable bonds is 3. The molecule has 0 N–H and O–H groups in total. The Hall–Kier alpha value is -1.46. The van der Waals surface area contributed by atoms with Gasteiger partial charge in [-0.25, -0.2) is 9.29 Å². The normalized spacial score (nSPS) is 29.6. The summed E-state index contributed by atoms with van der Waals surface area (Å²) in [6, 6.07) is 7.76. The summed E-state index contributed by atoms with van der Waals surface area (Å²) in [6.45, 7) is 9.94. The smallest absolute Gasteiger partial charge is 0.325 e. The van der Waals surface area contributed by atoms with E-state index in [9.17, 15) is 10.1 Å². The van der Waals surface area contributed by atoms with Crippen LogP contribution in [0.1, 0.15) is 57.4 Å². The molecule has 170 valence electrons. The molecule has 4 rings (SSSR count). The molecule has 1 aromatic carbocycles. The summed E-state index contributed by atoms with van der Waals surface area (Å²) in [5, 5.41) is 13.0. The minimum Gasteiger partial charge on any atom is -0.443 e. The minimum absolute atomic E-state index is 0.188. The third-order valence-electron chi connectivity index (χ3n) is 6.44. The fourth-order valence-electron chi connectivity index (χ4n) is 5.44. The van der Waals surface area contributed by atoms with Gasteiger partial charge in [0.2, 0.25) is 0 Å². The maximum absolute atomic E-state index is 15.5. The third kappa shape index (κ3) is 3.60. The van der Waals surface area contributed by atoms with Crippen molar-refractivity contribution in [3.63, 3.8) is 0 Å². The molecule has 0 bridgehead atoms. The van der Waals surface area contributed by atoms with E-state index in [4.69, 9.17) is 16.3 Å². The molecule has 1 aromatic heterocycles. The van der Waals surface area contributed by atoms with E-state index in [1.807, 2.05) is 30.2 Å². The van der Waals surface area contributed by atoms with Crippen LogP contribution in [-0.4, -0.2) is 28.7 Å². The first-order valence-electron chi connectivity index (χ1n) is 10.4. The van der Waals surface area contributed by atoms with E-state index in [0.29, 0.717) is 6.42 Å². The van der Waals surface area contributed by atoms with E-state index in [0.717, 1.165) is 9.35 Å². The quantitative estimate of drug-likeness (QED) is 0.411. The van der Waals surface area contributed by atoms with Crippen molar-refractivity contribution in [2.24, 2.45) is 5.41 Å². The van der Waals surface area contributed by atoms with E-state index >= 15 is 4.39 Å². The highest BCUT2D eigenvalue weighted by molar-refractivity contribution is 9.10. The lowest BCUT2D eigenvalue weighted by molar-refractivity contribution is -0.152. The number of halogens is 3. The molecule has 4 atom stereocenters. The number of fused-ring (bicyclic) bond motifs is 1. The van der Waals surface area contributed by atoms with Crippen molar-refractivity contribution in [2.45, 2.75) is 70.2 Å². The molecule has 0 saturated carbocycles. The highest BCUT2D eigenvalue weighted by Crippen LogP contribution is 2.60. The van der Waals surface area contributed by atoms with Crippen molar-refractivity contribution in [3.05, 3.63) is 55.4 Å². The Balaban J connectivity index is 2.07. The molecule has 8 heteroatoms. The van der Waals surface area contributed by atoms with Gasteiger partial charge in [-0.05, 0) is 59.8 Å². The van der Waals surface area contributed by atoms with Gasteiger partial charge in [-0.2, -0.15) is 5.26 Å². The summed E-state index contributed by atoms with van der Waals surface area (Å²) in [5.41, 5.74) is -2.15.